The summed E-state index contributed by atoms with van der Waals surface area (Å²) in [5.41, 5.74) is 0.508. The van der Waals surface area contributed by atoms with Crippen LogP contribution in [0.2, 0.25) is 0 Å². The number of halogens is 3. The van der Waals surface area contributed by atoms with Crippen LogP contribution in [-0.4, -0.2) is 12.0 Å². The average molecular weight is 312 g/mol. The maximum Gasteiger partial charge on any atom is 0.417 e. The van der Waals surface area contributed by atoms with E-state index in [0.29, 0.717) is 5.01 Å². The standard InChI is InChI=1S/C15H15F3N2S/c1-19-11-7-4-8-12-13(11)21-14(20-12)9-5-2-3-6-10(9)15(16,17)18/h2-3,5-6,11,19H,4,7-8H2,1H3. The van der Waals surface area contributed by atoms with E-state index in [9.17, 15) is 13.2 Å². The Kier molecular flexibility index (Phi) is 3.75. The van der Waals surface area contributed by atoms with E-state index in [-0.39, 0.29) is 11.6 Å². The van der Waals surface area contributed by atoms with E-state index < -0.39 is 11.7 Å². The van der Waals surface area contributed by atoms with Gasteiger partial charge in [-0.25, -0.2) is 4.98 Å². The molecule has 6 heteroatoms. The van der Waals surface area contributed by atoms with Crippen molar-refractivity contribution in [3.8, 4) is 10.6 Å². The van der Waals surface area contributed by atoms with E-state index in [2.05, 4.69) is 10.3 Å². The summed E-state index contributed by atoms with van der Waals surface area (Å²) in [6.07, 6.45) is -1.49. The Hall–Kier alpha value is -1.40. The molecule has 1 atom stereocenters. The first-order valence-electron chi connectivity index (χ1n) is 6.84. The summed E-state index contributed by atoms with van der Waals surface area (Å²) in [6.45, 7) is 0. The number of alkyl halides is 3. The molecule has 3 rings (SSSR count). The largest absolute Gasteiger partial charge is 0.417 e. The van der Waals surface area contributed by atoms with Crippen LogP contribution in [0.15, 0.2) is 24.3 Å². The van der Waals surface area contributed by atoms with E-state index in [0.717, 1.165) is 35.9 Å². The monoisotopic (exact) mass is 312 g/mol. The lowest BCUT2D eigenvalue weighted by Crippen LogP contribution is -2.19. The quantitative estimate of drug-likeness (QED) is 0.887. The molecule has 0 aliphatic heterocycles. The fourth-order valence-corrected chi connectivity index (χ4v) is 4.02. The summed E-state index contributed by atoms with van der Waals surface area (Å²) in [5, 5.41) is 3.69. The molecule has 2 nitrogen and oxygen atoms in total. The molecule has 112 valence electrons. The highest BCUT2D eigenvalue weighted by molar-refractivity contribution is 7.15. The maximum absolute atomic E-state index is 13.1. The molecule has 0 amide bonds. The molecule has 1 heterocycles. The summed E-state index contributed by atoms with van der Waals surface area (Å²) < 4.78 is 39.4. The van der Waals surface area contributed by atoms with Crippen LogP contribution in [0.1, 0.15) is 35.0 Å². The second-order valence-corrected chi connectivity index (χ2v) is 6.14. The zero-order chi connectivity index (χ0) is 15.0. The molecule has 0 saturated carbocycles. The highest BCUT2D eigenvalue weighted by Crippen LogP contribution is 2.42. The molecule has 0 saturated heterocycles. The maximum atomic E-state index is 13.1. The Bertz CT molecular complexity index is 649. The smallest absolute Gasteiger partial charge is 0.312 e. The fourth-order valence-electron chi connectivity index (χ4n) is 2.73. The minimum atomic E-state index is -4.36. The Morgan fingerprint density at radius 1 is 1.29 bits per heavy atom. The molecule has 1 aliphatic carbocycles. The van der Waals surface area contributed by atoms with Crippen LogP contribution in [-0.2, 0) is 12.6 Å². The van der Waals surface area contributed by atoms with Gasteiger partial charge >= 0.3 is 6.18 Å². The van der Waals surface area contributed by atoms with Crippen LogP contribution >= 0.6 is 11.3 Å². The number of hydrogen-bond acceptors (Lipinski definition) is 3. The highest BCUT2D eigenvalue weighted by atomic mass is 32.1. The molecule has 0 fully saturated rings. The van der Waals surface area contributed by atoms with E-state index in [4.69, 9.17) is 0 Å². The predicted molar refractivity (Wildman–Crippen MR) is 77.3 cm³/mol. The van der Waals surface area contributed by atoms with Gasteiger partial charge in [0.1, 0.15) is 5.01 Å². The van der Waals surface area contributed by atoms with Crippen molar-refractivity contribution in [3.05, 3.63) is 40.4 Å². The molecule has 0 spiro atoms. The molecule has 1 unspecified atom stereocenters. The molecule has 21 heavy (non-hydrogen) atoms. The zero-order valence-electron chi connectivity index (χ0n) is 11.5. The Balaban J connectivity index is 2.09. The van der Waals surface area contributed by atoms with Gasteiger partial charge in [0.25, 0.3) is 0 Å². The minimum Gasteiger partial charge on any atom is -0.312 e. The highest BCUT2D eigenvalue weighted by Gasteiger charge is 2.34. The van der Waals surface area contributed by atoms with Gasteiger partial charge in [-0.2, -0.15) is 13.2 Å². The van der Waals surface area contributed by atoms with Gasteiger partial charge in [-0.3, -0.25) is 0 Å². The molecular weight excluding hydrogens is 297 g/mol. The van der Waals surface area contributed by atoms with Crippen molar-refractivity contribution in [2.24, 2.45) is 0 Å². The van der Waals surface area contributed by atoms with Crippen molar-refractivity contribution in [1.82, 2.24) is 10.3 Å². The molecule has 0 bridgehead atoms. The summed E-state index contributed by atoms with van der Waals surface area (Å²) in [6, 6.07) is 5.86. The normalized spacial score (nSPS) is 18.6. The lowest BCUT2D eigenvalue weighted by Gasteiger charge is -2.19. The number of nitrogens with one attached hydrogen (secondary N) is 1. The first-order chi connectivity index (χ1) is 10.0. The molecular formula is C15H15F3N2S. The number of thiazole rings is 1. The van der Waals surface area contributed by atoms with Gasteiger partial charge in [0.2, 0.25) is 0 Å². The fraction of sp³-hybridized carbons (Fsp3) is 0.400. The third-order valence-electron chi connectivity index (χ3n) is 3.76. The molecule has 1 aliphatic rings. The molecule has 1 aromatic carbocycles. The number of aromatic nitrogens is 1. The lowest BCUT2D eigenvalue weighted by atomic mass is 9.98. The molecule has 2 aromatic rings. The Morgan fingerprint density at radius 3 is 2.76 bits per heavy atom. The van der Waals surface area contributed by atoms with Crippen molar-refractivity contribution >= 4 is 11.3 Å². The van der Waals surface area contributed by atoms with Gasteiger partial charge in [-0.1, -0.05) is 18.2 Å². The van der Waals surface area contributed by atoms with Gasteiger partial charge in [0.05, 0.1) is 11.3 Å². The van der Waals surface area contributed by atoms with Crippen molar-refractivity contribution in [1.29, 1.82) is 0 Å². The zero-order valence-corrected chi connectivity index (χ0v) is 12.3. The first kappa shape index (κ1) is 14.5. The number of rotatable bonds is 2. The van der Waals surface area contributed by atoms with E-state index in [1.54, 1.807) is 6.07 Å². The van der Waals surface area contributed by atoms with Crippen LogP contribution in [0, 0.1) is 0 Å². The molecule has 1 aromatic heterocycles. The minimum absolute atomic E-state index is 0.180. The first-order valence-corrected chi connectivity index (χ1v) is 7.66. The van der Waals surface area contributed by atoms with Gasteiger partial charge < -0.3 is 5.32 Å². The number of fused-ring (bicyclic) bond motifs is 1. The van der Waals surface area contributed by atoms with Crippen molar-refractivity contribution in [3.63, 3.8) is 0 Å². The summed E-state index contributed by atoms with van der Waals surface area (Å²) in [7, 11) is 1.88. The SMILES string of the molecule is CNC1CCCc2nc(-c3ccccc3C(F)(F)F)sc21. The summed E-state index contributed by atoms with van der Waals surface area (Å²) in [4.78, 5) is 5.55. The van der Waals surface area contributed by atoms with E-state index >= 15 is 0 Å². The number of benzene rings is 1. The van der Waals surface area contributed by atoms with E-state index in [1.807, 2.05) is 7.05 Å². The third-order valence-corrected chi connectivity index (χ3v) is 5.01. The lowest BCUT2D eigenvalue weighted by molar-refractivity contribution is -0.137. The van der Waals surface area contributed by atoms with Crippen LogP contribution in [0.5, 0.6) is 0 Å². The molecule has 1 N–H and O–H groups in total. The number of aryl methyl sites for hydroxylation is 1. The third kappa shape index (κ3) is 2.70. The van der Waals surface area contributed by atoms with Crippen LogP contribution in [0.4, 0.5) is 13.2 Å². The van der Waals surface area contributed by atoms with Crippen LogP contribution < -0.4 is 5.32 Å². The Morgan fingerprint density at radius 2 is 2.05 bits per heavy atom. The second-order valence-electron chi connectivity index (χ2n) is 5.11. The number of nitrogens with zero attached hydrogens (tertiary/aromatic N) is 1. The van der Waals surface area contributed by atoms with Crippen molar-refractivity contribution in [2.75, 3.05) is 7.05 Å². The molecule has 0 radical (unpaired) electrons. The van der Waals surface area contributed by atoms with Gasteiger partial charge in [0.15, 0.2) is 0 Å². The van der Waals surface area contributed by atoms with Gasteiger partial charge in [-0.05, 0) is 32.4 Å². The van der Waals surface area contributed by atoms with Gasteiger partial charge in [-0.15, -0.1) is 11.3 Å². The Labute approximate surface area is 125 Å². The van der Waals surface area contributed by atoms with Crippen LogP contribution in [0.3, 0.4) is 0 Å². The number of hydrogen-bond donors (Lipinski definition) is 1. The van der Waals surface area contributed by atoms with E-state index in [1.165, 1.54) is 23.5 Å². The van der Waals surface area contributed by atoms with Crippen LogP contribution in [0.25, 0.3) is 10.6 Å². The summed E-state index contributed by atoms with van der Waals surface area (Å²) in [5.74, 6) is 0. The summed E-state index contributed by atoms with van der Waals surface area (Å²) >= 11 is 1.38. The van der Waals surface area contributed by atoms with Crippen molar-refractivity contribution in [2.45, 2.75) is 31.5 Å². The van der Waals surface area contributed by atoms with Crippen molar-refractivity contribution < 1.29 is 13.2 Å². The average Bonchev–Trinajstić information content (AvgIpc) is 2.90. The predicted octanol–water partition coefficient (Wildman–Crippen LogP) is 4.43. The van der Waals surface area contributed by atoms with Gasteiger partial charge in [0, 0.05) is 16.5 Å². The second kappa shape index (κ2) is 5.42. The topological polar surface area (TPSA) is 24.9 Å².